The highest BCUT2D eigenvalue weighted by Gasteiger charge is 2.56. The summed E-state index contributed by atoms with van der Waals surface area (Å²) in [5.74, 6) is -1.21. The number of amides is 4. The lowest BCUT2D eigenvalue weighted by Gasteiger charge is -2.37. The van der Waals surface area contributed by atoms with Gasteiger partial charge in [0.15, 0.2) is 0 Å². The van der Waals surface area contributed by atoms with Gasteiger partial charge in [0.2, 0.25) is 17.7 Å². The molecule has 5 fully saturated rings. The lowest BCUT2D eigenvalue weighted by atomic mass is 9.83. The van der Waals surface area contributed by atoms with Crippen LogP contribution in [0.3, 0.4) is 0 Å². The molecule has 10 rings (SSSR count). The number of phenols is 1. The molecule has 2 aromatic heterocycles. The van der Waals surface area contributed by atoms with Crippen LogP contribution in [0.25, 0.3) is 33.3 Å². The summed E-state index contributed by atoms with van der Waals surface area (Å²) in [6.45, 7) is 13.8. The first-order valence-corrected chi connectivity index (χ1v) is 25.4. The SMILES string of the molecule is CCn1c(-c2cccnc2C(C)C)c2c3cc(ccc31)-c1cc(O)cc(c1)C[C@H](NC(=O)[C@H](C1CCCC1)N1CC[C@@]3(CCN(C(=O)[C@H]4CN4)C3)C1=O)C(=O)N1CCC[C@H](N1)C(=O)OCC(C)(C)C2. The molecule has 1 aliphatic carbocycles. The number of hydrogen-bond donors (Lipinski definition) is 4. The largest absolute Gasteiger partial charge is 0.508 e. The van der Waals surface area contributed by atoms with E-state index in [1.807, 2.05) is 18.3 Å². The summed E-state index contributed by atoms with van der Waals surface area (Å²) >= 11 is 0. The monoisotopic (exact) mass is 941 g/mol. The second-order valence-corrected chi connectivity index (χ2v) is 21.8. The molecule has 4 amide bonds. The van der Waals surface area contributed by atoms with E-state index in [9.17, 15) is 24.3 Å². The van der Waals surface area contributed by atoms with Crippen molar-refractivity contribution in [1.82, 2.24) is 40.4 Å². The van der Waals surface area contributed by atoms with E-state index in [-0.39, 0.29) is 54.4 Å². The number of aromatic hydroxyl groups is 1. The fourth-order valence-electron chi connectivity index (χ4n) is 12.2. The molecule has 0 radical (unpaired) electrons. The Hall–Kier alpha value is -5.80. The minimum atomic E-state index is -1.11. The zero-order chi connectivity index (χ0) is 48.4. The second-order valence-electron chi connectivity index (χ2n) is 21.8. The number of phenolic OH excluding ortho intramolecular Hbond substituents is 1. The molecule has 366 valence electrons. The highest BCUT2D eigenvalue weighted by atomic mass is 16.5. The molecule has 15 heteroatoms. The quantitative estimate of drug-likeness (QED) is 0.123. The molecule has 4 N–H and O–H groups in total. The Labute approximate surface area is 404 Å². The second kappa shape index (κ2) is 18.5. The van der Waals surface area contributed by atoms with Crippen LogP contribution in [0.2, 0.25) is 0 Å². The van der Waals surface area contributed by atoms with Crippen LogP contribution in [-0.2, 0) is 48.1 Å². The van der Waals surface area contributed by atoms with Crippen molar-refractivity contribution in [3.05, 3.63) is 71.5 Å². The summed E-state index contributed by atoms with van der Waals surface area (Å²) in [6, 6.07) is 13.0. The highest BCUT2D eigenvalue weighted by molar-refractivity contribution is 5.97. The van der Waals surface area contributed by atoms with Crippen LogP contribution >= 0.6 is 0 Å². The minimum Gasteiger partial charge on any atom is -0.508 e. The molecule has 69 heavy (non-hydrogen) atoms. The van der Waals surface area contributed by atoms with Gasteiger partial charge in [-0.3, -0.25) is 34.0 Å². The van der Waals surface area contributed by atoms with E-state index in [4.69, 9.17) is 9.72 Å². The van der Waals surface area contributed by atoms with Crippen molar-refractivity contribution in [2.75, 3.05) is 39.3 Å². The molecular formula is C54H68N8O7. The maximum Gasteiger partial charge on any atom is 0.324 e. The third-order valence-electron chi connectivity index (χ3n) is 15.9. The van der Waals surface area contributed by atoms with E-state index in [0.717, 1.165) is 70.2 Å². The fourth-order valence-corrected chi connectivity index (χ4v) is 12.2. The molecule has 1 spiro atoms. The summed E-state index contributed by atoms with van der Waals surface area (Å²) in [7, 11) is 0. The first-order valence-electron chi connectivity index (χ1n) is 25.4. The van der Waals surface area contributed by atoms with Crippen molar-refractivity contribution in [1.29, 1.82) is 0 Å². The van der Waals surface area contributed by atoms with E-state index in [1.165, 1.54) is 5.01 Å². The Morgan fingerprint density at radius 3 is 2.51 bits per heavy atom. The lowest BCUT2D eigenvalue weighted by molar-refractivity contribution is -0.155. The normalized spacial score (nSPS) is 25.7. The van der Waals surface area contributed by atoms with Crippen LogP contribution in [0.15, 0.2) is 54.7 Å². The van der Waals surface area contributed by atoms with Crippen LogP contribution in [-0.4, -0.2) is 123 Å². The van der Waals surface area contributed by atoms with Crippen LogP contribution in [0.4, 0.5) is 0 Å². The van der Waals surface area contributed by atoms with Gasteiger partial charge in [-0.1, -0.05) is 52.7 Å². The Morgan fingerprint density at radius 2 is 1.75 bits per heavy atom. The molecular weight excluding hydrogens is 873 g/mol. The van der Waals surface area contributed by atoms with Gasteiger partial charge in [0.1, 0.15) is 23.9 Å². The maximum atomic E-state index is 15.1. The van der Waals surface area contributed by atoms with Gasteiger partial charge in [0, 0.05) is 73.8 Å². The molecule has 1 saturated carbocycles. The number of pyridine rings is 1. The van der Waals surface area contributed by atoms with Crippen LogP contribution < -0.4 is 16.1 Å². The van der Waals surface area contributed by atoms with Crippen molar-refractivity contribution >= 4 is 40.5 Å². The number of hydrazine groups is 1. The van der Waals surface area contributed by atoms with Crippen LogP contribution in [0.1, 0.15) is 109 Å². The molecule has 0 unspecified atom stereocenters. The van der Waals surface area contributed by atoms with E-state index in [1.54, 1.807) is 21.9 Å². The van der Waals surface area contributed by atoms with E-state index in [0.29, 0.717) is 76.9 Å². The lowest BCUT2D eigenvalue weighted by Crippen LogP contribution is -2.62. The predicted octanol–water partition coefficient (Wildman–Crippen LogP) is 5.85. The van der Waals surface area contributed by atoms with Gasteiger partial charge >= 0.3 is 5.97 Å². The zero-order valence-electron chi connectivity index (χ0n) is 40.8. The van der Waals surface area contributed by atoms with Gasteiger partial charge < -0.3 is 34.8 Å². The number of nitrogens with one attached hydrogen (secondary N) is 3. The third-order valence-corrected chi connectivity index (χ3v) is 15.9. The van der Waals surface area contributed by atoms with Gasteiger partial charge in [0.05, 0.1) is 29.5 Å². The Morgan fingerprint density at radius 1 is 0.971 bits per heavy atom. The number of nitrogens with zero attached hydrogens (tertiary/aromatic N) is 5. The molecule has 2 aromatic carbocycles. The minimum absolute atomic E-state index is 0.0249. The van der Waals surface area contributed by atoms with E-state index in [2.05, 4.69) is 79.5 Å². The standard InChI is InChI=1S/C54H68N8O7/c1-6-60-44-16-15-35-27-39(44)40(47(60)38-13-9-19-55-45(38)32(2)3)28-53(4,5)31-69-51(67)41-14-10-20-62(58-41)50(66)42(25-33-23-36(35)26-37(63)24-33)57-48(64)46(34-11-7-8-12-34)61-22-18-54(52(61)68)17-21-59(30-54)49(65)43-29-56-43/h9,13,15-16,19,23-24,26-27,32,34,41-43,46,56,58,63H,6-8,10-12,14,17-18,20-22,25,28-31H2,1-5H3,(H,57,64)/t41-,42-,43+,46-,54+/m0/s1. The summed E-state index contributed by atoms with van der Waals surface area (Å²) in [5, 5.41) is 20.2. The molecule has 6 bridgehead atoms. The molecule has 7 heterocycles. The molecule has 4 saturated heterocycles. The predicted molar refractivity (Wildman–Crippen MR) is 261 cm³/mol. The number of carbonyl (C=O) groups excluding carboxylic acids is 5. The average molecular weight is 941 g/mol. The molecule has 4 aromatic rings. The number of cyclic esters (lactones) is 1. The van der Waals surface area contributed by atoms with Crippen molar-refractivity contribution in [2.45, 2.75) is 135 Å². The van der Waals surface area contributed by atoms with Gasteiger partial charge in [-0.2, -0.15) is 0 Å². The Balaban J connectivity index is 1.03. The summed E-state index contributed by atoms with van der Waals surface area (Å²) in [6.07, 6.45) is 8.05. The van der Waals surface area contributed by atoms with E-state index >= 15 is 4.79 Å². The number of hydrogen-bond acceptors (Lipinski definition) is 10. The van der Waals surface area contributed by atoms with Crippen molar-refractivity contribution in [2.24, 2.45) is 16.7 Å². The van der Waals surface area contributed by atoms with Crippen molar-refractivity contribution < 1.29 is 33.8 Å². The maximum absolute atomic E-state index is 15.1. The smallest absolute Gasteiger partial charge is 0.324 e. The van der Waals surface area contributed by atoms with E-state index < -0.39 is 40.8 Å². The third kappa shape index (κ3) is 9.01. The van der Waals surface area contributed by atoms with Crippen LogP contribution in [0.5, 0.6) is 5.75 Å². The number of ether oxygens (including phenoxy) is 1. The first-order chi connectivity index (χ1) is 33.1. The Bertz CT molecular complexity index is 2690. The van der Waals surface area contributed by atoms with Gasteiger partial charge in [-0.05, 0) is 122 Å². The number of benzene rings is 2. The Kier molecular flexibility index (Phi) is 12.6. The number of esters is 1. The highest BCUT2D eigenvalue weighted by Crippen LogP contribution is 2.45. The topological polar surface area (TPSA) is 188 Å². The van der Waals surface area contributed by atoms with Gasteiger partial charge in [-0.15, -0.1) is 0 Å². The van der Waals surface area contributed by atoms with Crippen molar-refractivity contribution in [3.63, 3.8) is 0 Å². The number of aromatic nitrogens is 2. The van der Waals surface area contributed by atoms with Gasteiger partial charge in [-0.25, -0.2) is 5.43 Å². The van der Waals surface area contributed by atoms with Gasteiger partial charge in [0.25, 0.3) is 5.91 Å². The summed E-state index contributed by atoms with van der Waals surface area (Å²) in [4.78, 5) is 80.2. The number of carbonyl (C=O) groups is 5. The number of rotatable bonds is 8. The molecule has 5 aliphatic heterocycles. The fraction of sp³-hybridized carbons (Fsp3) is 0.556. The summed E-state index contributed by atoms with van der Waals surface area (Å²) < 4.78 is 8.51. The van der Waals surface area contributed by atoms with Crippen LogP contribution in [0, 0.1) is 16.7 Å². The molecule has 6 aliphatic rings. The number of fused-ring (bicyclic) bond motifs is 6. The number of likely N-dealkylation sites (tertiary alicyclic amines) is 2. The average Bonchev–Trinajstić information content (AvgIpc) is 3.59. The van der Waals surface area contributed by atoms with Crippen molar-refractivity contribution in [3.8, 4) is 28.1 Å². The number of aryl methyl sites for hydroxylation is 1. The zero-order valence-corrected chi connectivity index (χ0v) is 40.8. The summed E-state index contributed by atoms with van der Waals surface area (Å²) in [5.41, 5.74) is 9.54. The first kappa shape index (κ1) is 46.9. The molecule has 5 atom stereocenters. The molecule has 15 nitrogen and oxygen atoms in total.